The molecule has 0 spiro atoms. The molecule has 1 radical (unpaired) electrons. The maximum Gasteiger partial charge on any atom is 0.326 e. The Balaban J connectivity index is 0.00000342. The second-order valence-electron chi connectivity index (χ2n) is 8.15. The molecule has 1 N–H and O–H groups in total. The summed E-state index contributed by atoms with van der Waals surface area (Å²) in [5.74, 6) is -0.425. The molecule has 7 nitrogen and oxygen atoms in total. The third kappa shape index (κ3) is 6.81. The first-order chi connectivity index (χ1) is 16.4. The number of rotatable bonds is 9. The number of nitrogens with one attached hydrogen (secondary N) is 1. The molecule has 3 aromatic carbocycles. The van der Waals surface area contributed by atoms with Crippen molar-refractivity contribution in [3.8, 4) is 5.75 Å². The first-order valence-electron chi connectivity index (χ1n) is 11.1. The van der Waals surface area contributed by atoms with Gasteiger partial charge in [0.1, 0.15) is 18.9 Å². The van der Waals surface area contributed by atoms with E-state index >= 15 is 0 Å². The van der Waals surface area contributed by atoms with Crippen molar-refractivity contribution in [2.75, 3.05) is 10.8 Å². The van der Waals surface area contributed by atoms with E-state index in [0.717, 1.165) is 15.4 Å². The van der Waals surface area contributed by atoms with Crippen molar-refractivity contribution in [3.63, 3.8) is 0 Å². The van der Waals surface area contributed by atoms with Crippen LogP contribution in [0.25, 0.3) is 0 Å². The zero-order chi connectivity index (χ0) is 24.1. The van der Waals surface area contributed by atoms with E-state index in [2.05, 4.69) is 0 Å². The fraction of sp³-hybridized carbons (Fsp3) is 0.231. The summed E-state index contributed by atoms with van der Waals surface area (Å²) in [5.41, 5.74) is 2.71. The van der Waals surface area contributed by atoms with E-state index < -0.39 is 16.1 Å². The van der Waals surface area contributed by atoms with Crippen LogP contribution in [0.15, 0.2) is 78.9 Å². The normalized spacial score (nSPS) is 15.1. The number of hydrogen-bond acceptors (Lipinski definition) is 5. The number of benzene rings is 3. The largest absolute Gasteiger partial charge is 0.487 e. The van der Waals surface area contributed by atoms with Gasteiger partial charge in [-0.3, -0.25) is 9.59 Å². The van der Waals surface area contributed by atoms with Gasteiger partial charge in [-0.15, -0.1) is 0 Å². The van der Waals surface area contributed by atoms with Crippen LogP contribution in [0, 0.1) is 5.92 Å². The molecule has 1 fully saturated rings. The van der Waals surface area contributed by atoms with Crippen molar-refractivity contribution in [1.82, 2.24) is 4.72 Å². The van der Waals surface area contributed by atoms with E-state index in [0.29, 0.717) is 24.2 Å². The Bertz CT molecular complexity index is 1280. The molecule has 3 aromatic rings. The molecule has 0 saturated carbocycles. The fourth-order valence-corrected chi connectivity index (χ4v) is 5.11. The Morgan fingerprint density at radius 1 is 1.00 bits per heavy atom. The van der Waals surface area contributed by atoms with Crippen LogP contribution in [0.5, 0.6) is 5.75 Å². The number of carbonyl (C=O) groups excluding carboxylic acids is 2. The molecule has 9 heteroatoms. The van der Waals surface area contributed by atoms with Gasteiger partial charge >= 0.3 is 10.2 Å². The second-order valence-corrected chi connectivity index (χ2v) is 9.75. The Morgan fingerprint density at radius 2 is 1.66 bits per heavy atom. The van der Waals surface area contributed by atoms with Gasteiger partial charge in [0, 0.05) is 62.9 Å². The molecule has 0 aliphatic carbocycles. The van der Waals surface area contributed by atoms with Crippen molar-refractivity contribution in [2.24, 2.45) is 5.92 Å². The molecule has 1 saturated heterocycles. The summed E-state index contributed by atoms with van der Waals surface area (Å²) in [5, 5.41) is 0. The predicted molar refractivity (Wildman–Crippen MR) is 136 cm³/mol. The van der Waals surface area contributed by atoms with E-state index in [4.69, 9.17) is 4.74 Å². The first kappa shape index (κ1) is 27.6. The molecule has 0 aromatic heterocycles. The number of hydrogen-bond donors (Lipinski definition) is 1. The quantitative estimate of drug-likeness (QED) is 0.346. The summed E-state index contributed by atoms with van der Waals surface area (Å²) in [6, 6.07) is 23.9. The van der Waals surface area contributed by atoms with Gasteiger partial charge in [-0.1, -0.05) is 73.7 Å². The van der Waals surface area contributed by atoms with Gasteiger partial charge in [-0.25, -0.2) is 9.03 Å². The molecule has 1 amide bonds. The summed E-state index contributed by atoms with van der Waals surface area (Å²) < 4.78 is 33.9. The van der Waals surface area contributed by atoms with Crippen LogP contribution < -0.4 is 13.8 Å². The molecule has 0 bridgehead atoms. The summed E-state index contributed by atoms with van der Waals surface area (Å²) in [4.78, 5) is 24.8. The predicted octanol–water partition coefficient (Wildman–Crippen LogP) is 3.52. The monoisotopic (exact) mass is 517 g/mol. The molecule has 1 aliphatic heterocycles. The summed E-state index contributed by atoms with van der Waals surface area (Å²) in [6.07, 6.45) is 1.14. The first-order valence-corrected chi connectivity index (χ1v) is 12.5. The Morgan fingerprint density at radius 3 is 2.26 bits per heavy atom. The van der Waals surface area contributed by atoms with E-state index in [9.17, 15) is 18.0 Å². The third-order valence-electron chi connectivity index (χ3n) is 5.75. The van der Waals surface area contributed by atoms with Crippen molar-refractivity contribution >= 4 is 79.0 Å². The van der Waals surface area contributed by atoms with Crippen LogP contribution in [-0.4, -0.2) is 78.0 Å². The number of ether oxygens (including phenoxy) is 1. The van der Waals surface area contributed by atoms with Crippen molar-refractivity contribution in [3.05, 3.63) is 95.6 Å². The molecule has 177 valence electrons. The van der Waals surface area contributed by atoms with E-state index in [-0.39, 0.29) is 81.9 Å². The fourth-order valence-electron chi connectivity index (χ4n) is 3.95. The van der Waals surface area contributed by atoms with Gasteiger partial charge < -0.3 is 4.74 Å². The number of anilines is 1. The summed E-state index contributed by atoms with van der Waals surface area (Å²) >= 11 is 0. The molecule has 1 aliphatic rings. The van der Waals surface area contributed by atoms with Crippen molar-refractivity contribution < 1.29 is 22.7 Å². The van der Waals surface area contributed by atoms with E-state index in [1.165, 1.54) is 0 Å². The van der Waals surface area contributed by atoms with Gasteiger partial charge in [0.15, 0.2) is 5.78 Å². The minimum absolute atomic E-state index is 0. The number of amides is 1. The number of nitrogens with zero attached hydrogens (tertiary/aromatic N) is 1. The average Bonchev–Trinajstić information content (AvgIpc) is 3.13. The Hall–Kier alpha value is -2.01. The minimum atomic E-state index is -3.99. The number of ketones is 1. The van der Waals surface area contributed by atoms with Crippen LogP contribution in [0.1, 0.15) is 34.8 Å². The molecule has 1 unspecified atom stereocenters. The van der Waals surface area contributed by atoms with Gasteiger partial charge in [0.05, 0.1) is 5.69 Å². The molecule has 4 rings (SSSR count). The molecular formula is C26H26KN2O5S. The average molecular weight is 518 g/mol. The minimum Gasteiger partial charge on any atom is -0.487 e. The van der Waals surface area contributed by atoms with E-state index in [1.807, 2.05) is 72.3 Å². The molecule has 1 atom stereocenters. The Labute approximate surface area is 248 Å². The third-order valence-corrected chi connectivity index (χ3v) is 7.15. The summed E-state index contributed by atoms with van der Waals surface area (Å²) in [6.45, 7) is 1.89. The van der Waals surface area contributed by atoms with E-state index in [1.54, 1.807) is 18.2 Å². The smallest absolute Gasteiger partial charge is 0.326 e. The SMILES string of the molecule is CCC(Cc1ccc(N2CC(=O)NS2(=O)=O)c(OCc2ccccc2)c1)C(=O)c1ccccc1.[K]. The zero-order valence-corrected chi connectivity index (χ0v) is 23.7. The maximum atomic E-state index is 13.0. The molecule has 35 heavy (non-hydrogen) atoms. The van der Waals surface area contributed by atoms with Crippen molar-refractivity contribution in [2.45, 2.75) is 26.4 Å². The van der Waals surface area contributed by atoms with Crippen LogP contribution in [0.3, 0.4) is 0 Å². The topological polar surface area (TPSA) is 92.8 Å². The second kappa shape index (κ2) is 12.3. The summed E-state index contributed by atoms with van der Waals surface area (Å²) in [7, 11) is -3.99. The number of Topliss-reactive ketones (excluding diaryl/α,β-unsaturated/α-hetero) is 1. The van der Waals surface area contributed by atoms with Gasteiger partial charge in [0.25, 0.3) is 5.91 Å². The van der Waals surface area contributed by atoms with Gasteiger partial charge in [-0.2, -0.15) is 8.42 Å². The Kier molecular flexibility index (Phi) is 9.68. The van der Waals surface area contributed by atoms with Crippen LogP contribution in [-0.2, 0) is 28.0 Å². The van der Waals surface area contributed by atoms with Crippen LogP contribution in [0.2, 0.25) is 0 Å². The maximum absolute atomic E-state index is 13.0. The standard InChI is InChI=1S/C26H26N2O5S.K/c1-2-21(26(30)22-11-7-4-8-12-22)15-20-13-14-23(28-17-25(29)27-34(28,31)32)24(16-20)33-18-19-9-5-3-6-10-19;/h3-14,16,21H,2,15,17-18H2,1H3,(H,27,29);. The van der Waals surface area contributed by atoms with Crippen molar-refractivity contribution in [1.29, 1.82) is 0 Å². The number of carbonyl (C=O) groups is 2. The van der Waals surface area contributed by atoms with Gasteiger partial charge in [-0.05, 0) is 36.1 Å². The molecule has 1 heterocycles. The van der Waals surface area contributed by atoms with Crippen LogP contribution >= 0.6 is 0 Å². The van der Waals surface area contributed by atoms with Gasteiger partial charge in [0.2, 0.25) is 0 Å². The zero-order valence-electron chi connectivity index (χ0n) is 19.8. The van der Waals surface area contributed by atoms with Crippen LogP contribution in [0.4, 0.5) is 5.69 Å². The molecular weight excluding hydrogens is 491 g/mol.